The molecular formula is C21H22O2. The van der Waals surface area contributed by atoms with Crippen molar-refractivity contribution in [1.82, 2.24) is 0 Å². The smallest absolute Gasteiger partial charge is 0.118 e. The molecule has 2 aliphatic rings. The van der Waals surface area contributed by atoms with Gasteiger partial charge in [-0.05, 0) is 52.8 Å². The van der Waals surface area contributed by atoms with Gasteiger partial charge in [0.25, 0.3) is 0 Å². The van der Waals surface area contributed by atoms with Crippen LogP contribution in [0.15, 0.2) is 54.1 Å². The molecule has 118 valence electrons. The van der Waals surface area contributed by atoms with Gasteiger partial charge in [-0.2, -0.15) is 0 Å². The zero-order valence-electron chi connectivity index (χ0n) is 13.7. The quantitative estimate of drug-likeness (QED) is 0.793. The van der Waals surface area contributed by atoms with Crippen LogP contribution in [0.4, 0.5) is 0 Å². The Balaban J connectivity index is 1.79. The summed E-state index contributed by atoms with van der Waals surface area (Å²) in [5.41, 5.74) is 7.12. The molecule has 0 radical (unpaired) electrons. The number of ether oxygens (including phenoxy) is 2. The van der Waals surface area contributed by atoms with Crippen molar-refractivity contribution >= 4 is 5.57 Å². The standard InChI is InChI=1S/C21H22O2/c1-14-13-23-21(16-7-10-17(22-2)11-8-16)19-12-9-15-5-3-4-6-18(15)20(14)19/h3-8,10-11,14,21H,9,12-13H2,1-2H3/t14-,21-/m1/s1. The maximum absolute atomic E-state index is 6.24. The van der Waals surface area contributed by atoms with Crippen molar-refractivity contribution in [2.24, 2.45) is 5.92 Å². The Morgan fingerprint density at radius 1 is 1.00 bits per heavy atom. The van der Waals surface area contributed by atoms with Crippen LogP contribution in [-0.4, -0.2) is 13.7 Å². The van der Waals surface area contributed by atoms with Crippen LogP contribution in [0.2, 0.25) is 0 Å². The Morgan fingerprint density at radius 3 is 2.57 bits per heavy atom. The molecule has 0 saturated carbocycles. The highest BCUT2D eigenvalue weighted by atomic mass is 16.5. The van der Waals surface area contributed by atoms with Gasteiger partial charge in [-0.15, -0.1) is 0 Å². The number of methoxy groups -OCH3 is 1. The van der Waals surface area contributed by atoms with E-state index >= 15 is 0 Å². The lowest BCUT2D eigenvalue weighted by Gasteiger charge is -2.37. The number of aryl methyl sites for hydroxylation is 1. The van der Waals surface area contributed by atoms with E-state index in [1.807, 2.05) is 12.1 Å². The van der Waals surface area contributed by atoms with Gasteiger partial charge in [0, 0.05) is 5.92 Å². The van der Waals surface area contributed by atoms with Crippen molar-refractivity contribution in [2.45, 2.75) is 25.9 Å². The van der Waals surface area contributed by atoms with Crippen molar-refractivity contribution < 1.29 is 9.47 Å². The third kappa shape index (κ3) is 2.47. The number of hydrogen-bond donors (Lipinski definition) is 0. The van der Waals surface area contributed by atoms with Crippen LogP contribution in [0.25, 0.3) is 5.57 Å². The number of benzene rings is 2. The molecule has 0 amide bonds. The molecule has 2 nitrogen and oxygen atoms in total. The van der Waals surface area contributed by atoms with Gasteiger partial charge in [0.1, 0.15) is 11.9 Å². The van der Waals surface area contributed by atoms with E-state index in [1.54, 1.807) is 7.11 Å². The second-order valence-corrected chi connectivity index (χ2v) is 6.48. The second kappa shape index (κ2) is 5.86. The van der Waals surface area contributed by atoms with Crippen LogP contribution in [0.5, 0.6) is 5.75 Å². The van der Waals surface area contributed by atoms with E-state index in [9.17, 15) is 0 Å². The van der Waals surface area contributed by atoms with E-state index in [4.69, 9.17) is 9.47 Å². The molecule has 2 atom stereocenters. The van der Waals surface area contributed by atoms with Crippen molar-refractivity contribution in [2.75, 3.05) is 13.7 Å². The Labute approximate surface area is 137 Å². The Morgan fingerprint density at radius 2 is 1.78 bits per heavy atom. The number of fused-ring (bicyclic) bond motifs is 2. The predicted molar refractivity (Wildman–Crippen MR) is 92.5 cm³/mol. The zero-order valence-corrected chi connectivity index (χ0v) is 13.7. The van der Waals surface area contributed by atoms with Crippen molar-refractivity contribution in [3.8, 4) is 5.75 Å². The van der Waals surface area contributed by atoms with E-state index in [0.29, 0.717) is 5.92 Å². The largest absolute Gasteiger partial charge is 0.497 e. The molecule has 0 saturated heterocycles. The van der Waals surface area contributed by atoms with Crippen LogP contribution in [0, 0.1) is 5.92 Å². The van der Waals surface area contributed by atoms with Crippen molar-refractivity contribution in [3.63, 3.8) is 0 Å². The summed E-state index contributed by atoms with van der Waals surface area (Å²) in [7, 11) is 1.70. The third-order valence-electron chi connectivity index (χ3n) is 5.06. The molecule has 1 aliphatic carbocycles. The van der Waals surface area contributed by atoms with E-state index in [-0.39, 0.29) is 6.10 Å². The molecule has 2 aromatic rings. The average Bonchev–Trinajstić information content (AvgIpc) is 2.62. The highest BCUT2D eigenvalue weighted by Crippen LogP contribution is 2.46. The lowest BCUT2D eigenvalue weighted by molar-refractivity contribution is 0.0511. The predicted octanol–water partition coefficient (Wildman–Crippen LogP) is 4.80. The van der Waals surface area contributed by atoms with E-state index in [0.717, 1.165) is 25.2 Å². The first-order chi connectivity index (χ1) is 11.3. The molecule has 0 aromatic heterocycles. The Hall–Kier alpha value is -2.06. The van der Waals surface area contributed by atoms with Crippen LogP contribution in [0.1, 0.15) is 36.1 Å². The zero-order chi connectivity index (χ0) is 15.8. The summed E-state index contributed by atoms with van der Waals surface area (Å²) in [6.45, 7) is 3.06. The van der Waals surface area contributed by atoms with Crippen LogP contribution in [-0.2, 0) is 11.2 Å². The highest BCUT2D eigenvalue weighted by Gasteiger charge is 2.33. The molecule has 4 rings (SSSR count). The second-order valence-electron chi connectivity index (χ2n) is 6.48. The molecule has 0 N–H and O–H groups in total. The molecule has 0 spiro atoms. The van der Waals surface area contributed by atoms with E-state index in [2.05, 4.69) is 43.3 Å². The maximum atomic E-state index is 6.24. The van der Waals surface area contributed by atoms with Gasteiger partial charge in [-0.1, -0.05) is 43.3 Å². The molecular weight excluding hydrogens is 284 g/mol. The van der Waals surface area contributed by atoms with Gasteiger partial charge < -0.3 is 9.47 Å². The maximum Gasteiger partial charge on any atom is 0.118 e. The monoisotopic (exact) mass is 306 g/mol. The molecule has 2 aromatic carbocycles. The molecule has 23 heavy (non-hydrogen) atoms. The summed E-state index contributed by atoms with van der Waals surface area (Å²) < 4.78 is 11.5. The molecule has 1 aliphatic heterocycles. The molecule has 1 heterocycles. The summed E-state index contributed by atoms with van der Waals surface area (Å²) in [4.78, 5) is 0. The summed E-state index contributed by atoms with van der Waals surface area (Å²) in [6, 6.07) is 17.1. The SMILES string of the molecule is COc1ccc([C@H]2OC[C@@H](C)C3=C2CCc2ccccc23)cc1. The first-order valence-corrected chi connectivity index (χ1v) is 8.34. The van der Waals surface area contributed by atoms with Crippen LogP contribution >= 0.6 is 0 Å². The van der Waals surface area contributed by atoms with Gasteiger partial charge in [0.2, 0.25) is 0 Å². The fourth-order valence-corrected chi connectivity index (χ4v) is 3.93. The summed E-state index contributed by atoms with van der Waals surface area (Å²) in [5.74, 6) is 1.35. The summed E-state index contributed by atoms with van der Waals surface area (Å²) in [5, 5.41) is 0. The van der Waals surface area contributed by atoms with Crippen LogP contribution in [0.3, 0.4) is 0 Å². The topological polar surface area (TPSA) is 18.5 Å². The summed E-state index contributed by atoms with van der Waals surface area (Å²) >= 11 is 0. The lowest BCUT2D eigenvalue weighted by atomic mass is 9.76. The normalized spacial score (nSPS) is 23.2. The minimum absolute atomic E-state index is 0.0838. The van der Waals surface area contributed by atoms with Gasteiger partial charge in [0.15, 0.2) is 0 Å². The lowest BCUT2D eigenvalue weighted by Crippen LogP contribution is -2.25. The molecule has 0 fully saturated rings. The molecule has 0 unspecified atom stereocenters. The number of rotatable bonds is 2. The van der Waals surface area contributed by atoms with Gasteiger partial charge in [0.05, 0.1) is 13.7 Å². The van der Waals surface area contributed by atoms with Crippen molar-refractivity contribution in [1.29, 1.82) is 0 Å². The van der Waals surface area contributed by atoms with Crippen molar-refractivity contribution in [3.05, 3.63) is 70.8 Å². The average molecular weight is 306 g/mol. The van der Waals surface area contributed by atoms with E-state index < -0.39 is 0 Å². The molecule has 0 bridgehead atoms. The number of hydrogen-bond acceptors (Lipinski definition) is 2. The fourth-order valence-electron chi connectivity index (χ4n) is 3.93. The van der Waals surface area contributed by atoms with Crippen LogP contribution < -0.4 is 4.74 Å². The van der Waals surface area contributed by atoms with Gasteiger partial charge in [-0.25, -0.2) is 0 Å². The highest BCUT2D eigenvalue weighted by molar-refractivity contribution is 5.76. The first kappa shape index (κ1) is 14.5. The molecule has 2 heteroatoms. The summed E-state index contributed by atoms with van der Waals surface area (Å²) in [6.07, 6.45) is 2.28. The minimum Gasteiger partial charge on any atom is -0.497 e. The van der Waals surface area contributed by atoms with E-state index in [1.165, 1.54) is 27.8 Å². The third-order valence-corrected chi connectivity index (χ3v) is 5.06. The van der Waals surface area contributed by atoms with Gasteiger partial charge in [-0.3, -0.25) is 0 Å². The Kier molecular flexibility index (Phi) is 3.70. The first-order valence-electron chi connectivity index (χ1n) is 8.34. The van der Waals surface area contributed by atoms with Gasteiger partial charge >= 0.3 is 0 Å². The fraction of sp³-hybridized carbons (Fsp3) is 0.333. The minimum atomic E-state index is 0.0838. The Bertz CT molecular complexity index is 743.